The predicted octanol–water partition coefficient (Wildman–Crippen LogP) is 0.803. The van der Waals surface area contributed by atoms with E-state index in [2.05, 4.69) is 11.2 Å². The van der Waals surface area contributed by atoms with Crippen molar-refractivity contribution in [3.05, 3.63) is 0 Å². The molecule has 0 spiro atoms. The summed E-state index contributed by atoms with van der Waals surface area (Å²) in [6.07, 6.45) is 9.33. The van der Waals surface area contributed by atoms with Gasteiger partial charge in [0.25, 0.3) is 0 Å². The molecule has 1 heterocycles. The monoisotopic (exact) mass is 258 g/mol. The van der Waals surface area contributed by atoms with Crippen LogP contribution in [0.3, 0.4) is 0 Å². The zero-order valence-electron chi connectivity index (χ0n) is 10.5. The third-order valence-corrected chi connectivity index (χ3v) is 5.08. The van der Waals surface area contributed by atoms with Crippen LogP contribution >= 0.6 is 0 Å². The summed E-state index contributed by atoms with van der Waals surface area (Å²) in [4.78, 5) is 0. The average molecular weight is 258 g/mol. The van der Waals surface area contributed by atoms with Crippen molar-refractivity contribution in [2.75, 3.05) is 25.4 Å². The number of hydrogen-bond acceptors (Lipinski definition) is 3. The Morgan fingerprint density at radius 3 is 2.76 bits per heavy atom. The first-order valence-corrected chi connectivity index (χ1v) is 7.85. The topological polar surface area (TPSA) is 49.4 Å². The van der Waals surface area contributed by atoms with Crippen molar-refractivity contribution in [1.29, 1.82) is 0 Å². The fraction of sp³-hybridized carbons (Fsp3) is 0.833. The number of sulfonamides is 1. The predicted molar refractivity (Wildman–Crippen MR) is 70.1 cm³/mol. The van der Waals surface area contributed by atoms with Crippen LogP contribution in [0.5, 0.6) is 0 Å². The van der Waals surface area contributed by atoms with E-state index in [0.29, 0.717) is 19.0 Å². The minimum absolute atomic E-state index is 0.178. The van der Waals surface area contributed by atoms with E-state index in [1.807, 2.05) is 6.92 Å². The molecule has 17 heavy (non-hydrogen) atoms. The van der Waals surface area contributed by atoms with Crippen LogP contribution < -0.4 is 5.32 Å². The van der Waals surface area contributed by atoms with E-state index in [1.54, 1.807) is 0 Å². The molecule has 0 aromatic heterocycles. The summed E-state index contributed by atoms with van der Waals surface area (Å²) in [6, 6.07) is 0.350. The van der Waals surface area contributed by atoms with Crippen molar-refractivity contribution >= 4 is 10.0 Å². The third-order valence-electron chi connectivity index (χ3n) is 3.15. The molecule has 0 aromatic carbocycles. The first-order chi connectivity index (χ1) is 8.10. The molecule has 5 heteroatoms. The van der Waals surface area contributed by atoms with Crippen LogP contribution in [-0.2, 0) is 10.0 Å². The Kier molecular flexibility index (Phi) is 5.96. The molecule has 1 unspecified atom stereocenters. The second kappa shape index (κ2) is 7.00. The van der Waals surface area contributed by atoms with E-state index in [-0.39, 0.29) is 12.3 Å². The van der Waals surface area contributed by atoms with Gasteiger partial charge in [0.15, 0.2) is 0 Å². The first-order valence-electron chi connectivity index (χ1n) is 6.25. The Balaban J connectivity index is 2.45. The molecule has 0 amide bonds. The van der Waals surface area contributed by atoms with Crippen molar-refractivity contribution < 1.29 is 8.42 Å². The van der Waals surface area contributed by atoms with Gasteiger partial charge in [-0.1, -0.05) is 19.3 Å². The minimum atomic E-state index is -3.18. The molecule has 0 bridgehead atoms. The lowest BCUT2D eigenvalue weighted by atomic mass is 10.0. The highest BCUT2D eigenvalue weighted by molar-refractivity contribution is 7.89. The SMILES string of the molecule is C#CCN(CC)S(=O)(=O)CCC1CCCCN1. The van der Waals surface area contributed by atoms with Crippen LogP contribution in [0.25, 0.3) is 0 Å². The van der Waals surface area contributed by atoms with Gasteiger partial charge in [-0.2, -0.15) is 4.31 Å². The van der Waals surface area contributed by atoms with Crippen LogP contribution in [0.2, 0.25) is 0 Å². The summed E-state index contributed by atoms with van der Waals surface area (Å²) in [7, 11) is -3.18. The Bertz CT molecular complexity index is 353. The number of rotatable bonds is 6. The smallest absolute Gasteiger partial charge is 0.215 e. The van der Waals surface area contributed by atoms with E-state index in [9.17, 15) is 8.42 Å². The maximum atomic E-state index is 12.0. The molecule has 1 aliphatic rings. The summed E-state index contributed by atoms with van der Waals surface area (Å²) in [5.41, 5.74) is 0. The highest BCUT2D eigenvalue weighted by Crippen LogP contribution is 2.12. The summed E-state index contributed by atoms with van der Waals surface area (Å²) in [5.74, 6) is 2.59. The molecule has 1 N–H and O–H groups in total. The molecule has 98 valence electrons. The summed E-state index contributed by atoms with van der Waals surface area (Å²) < 4.78 is 25.4. The standard InChI is InChI=1S/C12H22N2O2S/c1-3-10-14(4-2)17(15,16)11-8-12-7-5-6-9-13-12/h1,12-13H,4-11H2,2H3. The first kappa shape index (κ1) is 14.5. The van der Waals surface area contributed by atoms with Gasteiger partial charge in [-0.15, -0.1) is 6.42 Å². The zero-order chi connectivity index (χ0) is 12.7. The normalized spacial score (nSPS) is 21.4. The molecule has 0 aromatic rings. The second-order valence-electron chi connectivity index (χ2n) is 4.38. The fourth-order valence-corrected chi connectivity index (χ4v) is 3.60. The van der Waals surface area contributed by atoms with E-state index >= 15 is 0 Å². The lowest BCUT2D eigenvalue weighted by Gasteiger charge is -2.24. The highest BCUT2D eigenvalue weighted by Gasteiger charge is 2.22. The Labute approximate surface area is 105 Å². The summed E-state index contributed by atoms with van der Waals surface area (Å²) in [6.45, 7) is 3.45. The van der Waals surface area contributed by atoms with E-state index in [0.717, 1.165) is 13.0 Å². The van der Waals surface area contributed by atoms with E-state index in [1.165, 1.54) is 17.1 Å². The van der Waals surface area contributed by atoms with Crippen LogP contribution in [-0.4, -0.2) is 44.2 Å². The lowest BCUT2D eigenvalue weighted by molar-refractivity contribution is 0.388. The van der Waals surface area contributed by atoms with Crippen molar-refractivity contribution in [2.24, 2.45) is 0 Å². The molecule has 4 nitrogen and oxygen atoms in total. The number of terminal acetylenes is 1. The van der Waals surface area contributed by atoms with Crippen LogP contribution in [0, 0.1) is 12.3 Å². The van der Waals surface area contributed by atoms with Gasteiger partial charge < -0.3 is 5.32 Å². The Hall–Kier alpha value is -0.570. The maximum Gasteiger partial charge on any atom is 0.215 e. The highest BCUT2D eigenvalue weighted by atomic mass is 32.2. The molecule has 1 rings (SSSR count). The van der Waals surface area contributed by atoms with Crippen molar-refractivity contribution in [3.63, 3.8) is 0 Å². The molecule has 0 saturated carbocycles. The van der Waals surface area contributed by atoms with E-state index < -0.39 is 10.0 Å². The molecule has 1 aliphatic heterocycles. The van der Waals surface area contributed by atoms with E-state index in [4.69, 9.17) is 6.42 Å². The van der Waals surface area contributed by atoms with Gasteiger partial charge in [0, 0.05) is 12.6 Å². The van der Waals surface area contributed by atoms with Gasteiger partial charge in [-0.25, -0.2) is 8.42 Å². The maximum absolute atomic E-state index is 12.0. The zero-order valence-corrected chi connectivity index (χ0v) is 11.3. The molecule has 1 fully saturated rings. The molecule has 0 aliphatic carbocycles. The third kappa shape index (κ3) is 4.66. The number of piperidine rings is 1. The van der Waals surface area contributed by atoms with Crippen molar-refractivity contribution in [2.45, 2.75) is 38.6 Å². The van der Waals surface area contributed by atoms with Crippen molar-refractivity contribution in [3.8, 4) is 12.3 Å². The van der Waals surface area contributed by atoms with Crippen molar-refractivity contribution in [1.82, 2.24) is 9.62 Å². The average Bonchev–Trinajstić information content (AvgIpc) is 2.34. The van der Waals surface area contributed by atoms with Gasteiger partial charge in [-0.3, -0.25) is 0 Å². The number of nitrogens with zero attached hydrogens (tertiary/aromatic N) is 1. The lowest BCUT2D eigenvalue weighted by Crippen LogP contribution is -2.38. The molecular formula is C12H22N2O2S. The van der Waals surface area contributed by atoms with Gasteiger partial charge in [0.2, 0.25) is 10.0 Å². The second-order valence-corrected chi connectivity index (χ2v) is 6.47. The van der Waals surface area contributed by atoms with Gasteiger partial charge in [0.05, 0.1) is 12.3 Å². The molecule has 1 atom stereocenters. The summed E-state index contributed by atoms with van der Waals surface area (Å²) >= 11 is 0. The number of hydrogen-bond donors (Lipinski definition) is 1. The summed E-state index contributed by atoms with van der Waals surface area (Å²) in [5, 5.41) is 3.36. The van der Waals surface area contributed by atoms with Gasteiger partial charge >= 0.3 is 0 Å². The molecule has 0 radical (unpaired) electrons. The largest absolute Gasteiger partial charge is 0.314 e. The number of nitrogens with one attached hydrogen (secondary N) is 1. The minimum Gasteiger partial charge on any atom is -0.314 e. The van der Waals surface area contributed by atoms with Crippen LogP contribution in [0.1, 0.15) is 32.6 Å². The fourth-order valence-electron chi connectivity index (χ4n) is 2.10. The van der Waals surface area contributed by atoms with Crippen LogP contribution in [0.4, 0.5) is 0 Å². The quantitative estimate of drug-likeness (QED) is 0.717. The van der Waals surface area contributed by atoms with Crippen LogP contribution in [0.15, 0.2) is 0 Å². The van der Waals surface area contributed by atoms with Gasteiger partial charge in [0.1, 0.15) is 0 Å². The molecular weight excluding hydrogens is 236 g/mol. The van der Waals surface area contributed by atoms with Gasteiger partial charge in [-0.05, 0) is 25.8 Å². The Morgan fingerprint density at radius 2 is 2.24 bits per heavy atom. The Morgan fingerprint density at radius 1 is 1.47 bits per heavy atom. The molecule has 1 saturated heterocycles.